The van der Waals surface area contributed by atoms with Crippen molar-refractivity contribution in [3.8, 4) is 0 Å². The zero-order valence-electron chi connectivity index (χ0n) is 14.8. The van der Waals surface area contributed by atoms with E-state index in [9.17, 15) is 0 Å². The lowest BCUT2D eigenvalue weighted by Crippen LogP contribution is -2.51. The van der Waals surface area contributed by atoms with Crippen LogP contribution in [0.25, 0.3) is 0 Å². The van der Waals surface area contributed by atoms with Crippen LogP contribution in [0.4, 0.5) is 0 Å². The van der Waals surface area contributed by atoms with Crippen LogP contribution in [0.3, 0.4) is 0 Å². The molecule has 0 spiro atoms. The van der Waals surface area contributed by atoms with Crippen molar-refractivity contribution >= 4 is 5.96 Å². The summed E-state index contributed by atoms with van der Waals surface area (Å²) in [6, 6.07) is 0.617. The molecule has 22 heavy (non-hydrogen) atoms. The third kappa shape index (κ3) is 4.85. The maximum absolute atomic E-state index is 5.22. The number of methoxy groups -OCH3 is 1. The molecule has 0 amide bonds. The number of guanidine groups is 1. The van der Waals surface area contributed by atoms with Gasteiger partial charge in [-0.15, -0.1) is 0 Å². The fourth-order valence-electron chi connectivity index (χ4n) is 4.01. The third-order valence-electron chi connectivity index (χ3n) is 4.96. The van der Waals surface area contributed by atoms with Crippen molar-refractivity contribution in [2.45, 2.75) is 39.2 Å². The Balaban J connectivity index is 1.83. The first-order valence-corrected chi connectivity index (χ1v) is 8.82. The van der Waals surface area contributed by atoms with Gasteiger partial charge in [0.15, 0.2) is 5.96 Å². The zero-order valence-corrected chi connectivity index (χ0v) is 14.8. The van der Waals surface area contributed by atoms with Crippen molar-refractivity contribution in [3.63, 3.8) is 0 Å². The van der Waals surface area contributed by atoms with E-state index >= 15 is 0 Å². The highest BCUT2D eigenvalue weighted by Crippen LogP contribution is 2.21. The predicted octanol–water partition coefficient (Wildman–Crippen LogP) is 1.65. The van der Waals surface area contributed by atoms with E-state index in [1.165, 1.54) is 25.8 Å². The van der Waals surface area contributed by atoms with Gasteiger partial charge in [0.25, 0.3) is 0 Å². The van der Waals surface area contributed by atoms with Crippen LogP contribution in [0.1, 0.15) is 33.1 Å². The number of aliphatic imine (C=N–C) groups is 1. The van der Waals surface area contributed by atoms with E-state index in [1.807, 2.05) is 7.05 Å². The van der Waals surface area contributed by atoms with Crippen LogP contribution >= 0.6 is 0 Å². The zero-order chi connectivity index (χ0) is 15.9. The monoisotopic (exact) mass is 310 g/mol. The first-order valence-electron chi connectivity index (χ1n) is 8.82. The Morgan fingerprint density at radius 1 is 1.27 bits per heavy atom. The lowest BCUT2D eigenvalue weighted by molar-refractivity contribution is 0.141. The van der Waals surface area contributed by atoms with Gasteiger partial charge in [-0.3, -0.25) is 9.89 Å². The van der Waals surface area contributed by atoms with Crippen LogP contribution in [-0.4, -0.2) is 75.3 Å². The number of hydrogen-bond acceptors (Lipinski definition) is 3. The molecule has 1 N–H and O–H groups in total. The second kappa shape index (κ2) is 8.73. The molecule has 2 aliphatic rings. The van der Waals surface area contributed by atoms with Crippen molar-refractivity contribution in [2.24, 2.45) is 16.8 Å². The average Bonchev–Trinajstić information content (AvgIpc) is 2.92. The lowest BCUT2D eigenvalue weighted by atomic mass is 9.92. The summed E-state index contributed by atoms with van der Waals surface area (Å²) < 4.78 is 5.22. The van der Waals surface area contributed by atoms with Gasteiger partial charge in [-0.25, -0.2) is 0 Å². The molecule has 0 saturated carbocycles. The molecule has 3 unspecified atom stereocenters. The largest absolute Gasteiger partial charge is 0.383 e. The molecule has 2 fully saturated rings. The van der Waals surface area contributed by atoms with Crippen LogP contribution in [-0.2, 0) is 4.74 Å². The van der Waals surface area contributed by atoms with E-state index in [-0.39, 0.29) is 0 Å². The van der Waals surface area contributed by atoms with Gasteiger partial charge in [-0.05, 0) is 37.6 Å². The van der Waals surface area contributed by atoms with Crippen LogP contribution in [0.2, 0.25) is 0 Å². The Morgan fingerprint density at radius 2 is 2.00 bits per heavy atom. The summed E-state index contributed by atoms with van der Waals surface area (Å²) in [6.07, 6.45) is 3.91. The highest BCUT2D eigenvalue weighted by atomic mass is 16.5. The molecule has 2 rings (SSSR count). The Labute approximate surface area is 136 Å². The fourth-order valence-corrected chi connectivity index (χ4v) is 4.01. The van der Waals surface area contributed by atoms with E-state index in [2.05, 4.69) is 34.0 Å². The number of nitrogens with one attached hydrogen (secondary N) is 1. The third-order valence-corrected chi connectivity index (χ3v) is 4.96. The topological polar surface area (TPSA) is 40.1 Å². The molecule has 5 heteroatoms. The molecule has 2 saturated heterocycles. The highest BCUT2D eigenvalue weighted by molar-refractivity contribution is 5.80. The van der Waals surface area contributed by atoms with E-state index in [0.29, 0.717) is 6.04 Å². The Kier molecular flexibility index (Phi) is 6.96. The SMILES string of the molecule is CN=C(NCC1CCCN1CCOC)N1CC(C)CC(C)C1. The second-order valence-corrected chi connectivity index (χ2v) is 7.10. The van der Waals surface area contributed by atoms with Gasteiger partial charge in [0.05, 0.1) is 6.61 Å². The number of hydrogen-bond donors (Lipinski definition) is 1. The first-order chi connectivity index (χ1) is 10.6. The second-order valence-electron chi connectivity index (χ2n) is 7.10. The minimum absolute atomic E-state index is 0.617. The number of likely N-dealkylation sites (tertiary alicyclic amines) is 2. The maximum Gasteiger partial charge on any atom is 0.193 e. The van der Waals surface area contributed by atoms with Crippen LogP contribution in [0.5, 0.6) is 0 Å². The van der Waals surface area contributed by atoms with Gasteiger partial charge in [-0.2, -0.15) is 0 Å². The standard InChI is InChI=1S/C17H34N4O/c1-14-10-15(2)13-21(12-14)17(18-3)19-11-16-6-5-7-20(16)8-9-22-4/h14-16H,5-13H2,1-4H3,(H,18,19). The molecular formula is C17H34N4O. The van der Waals surface area contributed by atoms with Crippen molar-refractivity contribution in [1.29, 1.82) is 0 Å². The minimum atomic E-state index is 0.617. The number of nitrogens with zero attached hydrogens (tertiary/aromatic N) is 3. The summed E-state index contributed by atoms with van der Waals surface area (Å²) in [7, 11) is 3.69. The molecule has 0 radical (unpaired) electrons. The van der Waals surface area contributed by atoms with Crippen molar-refractivity contribution in [2.75, 3.05) is 53.5 Å². The smallest absolute Gasteiger partial charge is 0.193 e. The maximum atomic E-state index is 5.22. The predicted molar refractivity (Wildman–Crippen MR) is 92.4 cm³/mol. The molecule has 2 heterocycles. The summed E-state index contributed by atoms with van der Waals surface area (Å²) in [5.41, 5.74) is 0. The molecule has 0 bridgehead atoms. The summed E-state index contributed by atoms with van der Waals surface area (Å²) in [4.78, 5) is 9.50. The normalized spacial score (nSPS) is 30.8. The average molecular weight is 310 g/mol. The molecule has 5 nitrogen and oxygen atoms in total. The van der Waals surface area contributed by atoms with Gasteiger partial charge in [0.1, 0.15) is 0 Å². The Morgan fingerprint density at radius 3 is 2.64 bits per heavy atom. The van der Waals surface area contributed by atoms with E-state index in [1.54, 1.807) is 7.11 Å². The molecule has 2 aliphatic heterocycles. The summed E-state index contributed by atoms with van der Waals surface area (Å²) in [5.74, 6) is 2.59. The molecule has 3 atom stereocenters. The van der Waals surface area contributed by atoms with Crippen LogP contribution in [0.15, 0.2) is 4.99 Å². The van der Waals surface area contributed by atoms with E-state index < -0.39 is 0 Å². The summed E-state index contributed by atoms with van der Waals surface area (Å²) in [5, 5.41) is 3.62. The van der Waals surface area contributed by atoms with E-state index in [4.69, 9.17) is 4.74 Å². The van der Waals surface area contributed by atoms with Crippen molar-refractivity contribution in [3.05, 3.63) is 0 Å². The quantitative estimate of drug-likeness (QED) is 0.619. The molecular weight excluding hydrogens is 276 g/mol. The van der Waals surface area contributed by atoms with Crippen LogP contribution in [0, 0.1) is 11.8 Å². The lowest BCUT2D eigenvalue weighted by Gasteiger charge is -2.37. The number of rotatable bonds is 5. The van der Waals surface area contributed by atoms with Gasteiger partial charge in [-0.1, -0.05) is 13.8 Å². The van der Waals surface area contributed by atoms with Gasteiger partial charge < -0.3 is 15.0 Å². The first kappa shape index (κ1) is 17.5. The Hall–Kier alpha value is -0.810. The number of ether oxygens (including phenoxy) is 1. The van der Waals surface area contributed by atoms with E-state index in [0.717, 1.165) is 50.6 Å². The van der Waals surface area contributed by atoms with Gasteiger partial charge in [0.2, 0.25) is 0 Å². The molecule has 0 aromatic rings. The molecule has 0 aromatic carbocycles. The van der Waals surface area contributed by atoms with Gasteiger partial charge >= 0.3 is 0 Å². The highest BCUT2D eigenvalue weighted by Gasteiger charge is 2.27. The van der Waals surface area contributed by atoms with Crippen molar-refractivity contribution < 1.29 is 4.74 Å². The summed E-state index contributed by atoms with van der Waals surface area (Å²) >= 11 is 0. The molecule has 128 valence electrons. The minimum Gasteiger partial charge on any atom is -0.383 e. The van der Waals surface area contributed by atoms with Crippen molar-refractivity contribution in [1.82, 2.24) is 15.1 Å². The van der Waals surface area contributed by atoms with Gasteiger partial charge in [0, 0.05) is 46.4 Å². The Bertz CT molecular complexity index is 351. The van der Waals surface area contributed by atoms with Crippen LogP contribution < -0.4 is 5.32 Å². The fraction of sp³-hybridized carbons (Fsp3) is 0.941. The summed E-state index contributed by atoms with van der Waals surface area (Å²) in [6.45, 7) is 11.0. The number of piperidine rings is 1. The molecule has 0 aromatic heterocycles. The molecule has 0 aliphatic carbocycles.